The number of fused-ring (bicyclic) bond motifs is 1. The van der Waals surface area contributed by atoms with Crippen LogP contribution < -0.4 is 10.1 Å². The summed E-state index contributed by atoms with van der Waals surface area (Å²) < 4.78 is 6.16. The molecule has 0 spiro atoms. The number of thioether (sulfide) groups is 1. The first-order chi connectivity index (χ1) is 8.97. The molecule has 0 aromatic heterocycles. The van der Waals surface area contributed by atoms with Gasteiger partial charge in [-0.1, -0.05) is 6.07 Å². The Kier molecular flexibility index (Phi) is 2.93. The quantitative estimate of drug-likeness (QED) is 0.850. The fraction of sp³-hybridized carbons (Fsp3) is 0.467. The Labute approximate surface area is 119 Å². The second-order valence-corrected chi connectivity index (χ2v) is 6.66. The van der Waals surface area contributed by atoms with Gasteiger partial charge in [0.1, 0.15) is 5.75 Å². The Bertz CT molecular complexity index is 555. The van der Waals surface area contributed by atoms with Crippen LogP contribution in [0.3, 0.4) is 0 Å². The number of benzene rings is 1. The smallest absolute Gasteiger partial charge is 0.200 e. The van der Waals surface area contributed by atoms with Gasteiger partial charge >= 0.3 is 0 Å². The number of anilines is 1. The van der Waals surface area contributed by atoms with Crippen molar-refractivity contribution in [2.75, 3.05) is 24.7 Å². The number of nitrogens with one attached hydrogen (secondary N) is 1. The van der Waals surface area contributed by atoms with E-state index in [9.17, 15) is 0 Å². The summed E-state index contributed by atoms with van der Waals surface area (Å²) in [4.78, 5) is 2.28. The van der Waals surface area contributed by atoms with Crippen LogP contribution in [0.2, 0.25) is 0 Å². The monoisotopic (exact) mass is 276 g/mol. The molecule has 1 aromatic carbocycles. The van der Waals surface area contributed by atoms with Crippen molar-refractivity contribution in [3.8, 4) is 5.75 Å². The van der Waals surface area contributed by atoms with E-state index >= 15 is 0 Å². The highest BCUT2D eigenvalue weighted by Gasteiger charge is 2.34. The van der Waals surface area contributed by atoms with E-state index in [1.54, 1.807) is 0 Å². The van der Waals surface area contributed by atoms with E-state index in [0.29, 0.717) is 0 Å². The van der Waals surface area contributed by atoms with Crippen molar-refractivity contribution in [1.29, 1.82) is 0 Å². The van der Waals surface area contributed by atoms with Gasteiger partial charge in [-0.15, -0.1) is 11.8 Å². The molecule has 2 aliphatic rings. The highest BCUT2D eigenvalue weighted by molar-refractivity contribution is 8.03. The Balaban J connectivity index is 1.92. The van der Waals surface area contributed by atoms with Crippen molar-refractivity contribution in [2.24, 2.45) is 0 Å². The highest BCUT2D eigenvalue weighted by atomic mass is 32.2. The number of ether oxygens (including phenoxy) is 1. The first kappa shape index (κ1) is 12.7. The maximum Gasteiger partial charge on any atom is 0.200 e. The van der Waals surface area contributed by atoms with Gasteiger partial charge in [0.05, 0.1) is 10.7 Å². The van der Waals surface area contributed by atoms with E-state index in [0.717, 1.165) is 23.7 Å². The third-order valence-electron chi connectivity index (χ3n) is 3.57. The van der Waals surface area contributed by atoms with Gasteiger partial charge in [-0.25, -0.2) is 0 Å². The third kappa shape index (κ3) is 2.29. The predicted molar refractivity (Wildman–Crippen MR) is 81.7 cm³/mol. The van der Waals surface area contributed by atoms with E-state index < -0.39 is 5.72 Å². The lowest BCUT2D eigenvalue weighted by atomic mass is 10.1. The van der Waals surface area contributed by atoms with Crippen molar-refractivity contribution in [3.63, 3.8) is 0 Å². The summed E-state index contributed by atoms with van der Waals surface area (Å²) in [6.45, 7) is 7.41. The molecule has 2 aliphatic heterocycles. The Hall–Kier alpha value is -1.29. The number of nitrogens with zero attached hydrogens (tertiary/aromatic N) is 1. The summed E-state index contributed by atoms with van der Waals surface area (Å²) >= 11 is 1.89. The fourth-order valence-electron chi connectivity index (χ4n) is 2.65. The minimum atomic E-state index is -0.443. The zero-order chi connectivity index (χ0) is 13.6. The van der Waals surface area contributed by atoms with E-state index in [1.807, 2.05) is 11.8 Å². The normalized spacial score (nSPS) is 27.4. The molecule has 3 rings (SSSR count). The molecular weight excluding hydrogens is 256 g/mol. The van der Waals surface area contributed by atoms with Crippen LogP contribution >= 0.6 is 11.8 Å². The number of aryl methyl sites for hydroxylation is 2. The lowest BCUT2D eigenvalue weighted by Gasteiger charge is -2.23. The molecule has 3 nitrogen and oxygen atoms in total. The van der Waals surface area contributed by atoms with Crippen molar-refractivity contribution in [2.45, 2.75) is 26.5 Å². The average molecular weight is 276 g/mol. The maximum absolute atomic E-state index is 6.16. The standard InChI is InChI=1S/C15H20N2OS/c1-10-7-11(2)14-12(8-10)16-15(3,18-14)9-13-17(4)5-6-19-13/h7-9,16H,5-6H2,1-4H3/b13-9-. The second-order valence-electron chi connectivity index (χ2n) is 5.55. The maximum atomic E-state index is 6.16. The minimum absolute atomic E-state index is 0.443. The molecule has 102 valence electrons. The fourth-order valence-corrected chi connectivity index (χ4v) is 3.84. The third-order valence-corrected chi connectivity index (χ3v) is 4.68. The van der Waals surface area contributed by atoms with E-state index in [1.165, 1.54) is 16.2 Å². The van der Waals surface area contributed by atoms with Gasteiger partial charge in [0.25, 0.3) is 0 Å². The molecule has 1 atom stereocenters. The van der Waals surface area contributed by atoms with E-state index in [-0.39, 0.29) is 0 Å². The Morgan fingerprint density at radius 3 is 2.89 bits per heavy atom. The van der Waals surface area contributed by atoms with Crippen LogP contribution in [0.1, 0.15) is 18.1 Å². The molecule has 0 radical (unpaired) electrons. The van der Waals surface area contributed by atoms with Crippen molar-refractivity contribution in [1.82, 2.24) is 4.90 Å². The molecule has 1 fully saturated rings. The van der Waals surface area contributed by atoms with Crippen LogP contribution in [-0.4, -0.2) is 30.0 Å². The van der Waals surface area contributed by atoms with Crippen molar-refractivity contribution in [3.05, 3.63) is 34.4 Å². The molecule has 0 aliphatic carbocycles. The number of hydrogen-bond donors (Lipinski definition) is 1. The zero-order valence-corrected chi connectivity index (χ0v) is 12.7. The van der Waals surface area contributed by atoms with E-state index in [4.69, 9.17) is 4.74 Å². The number of rotatable bonds is 1. The van der Waals surface area contributed by atoms with Crippen LogP contribution in [0, 0.1) is 13.8 Å². The second kappa shape index (κ2) is 4.37. The molecule has 0 bridgehead atoms. The van der Waals surface area contributed by atoms with Gasteiger partial charge in [0.15, 0.2) is 5.72 Å². The van der Waals surface area contributed by atoms with Gasteiger partial charge in [0.2, 0.25) is 0 Å². The van der Waals surface area contributed by atoms with Crippen molar-refractivity contribution >= 4 is 17.4 Å². The summed E-state index contributed by atoms with van der Waals surface area (Å²) in [6.07, 6.45) is 2.19. The zero-order valence-electron chi connectivity index (χ0n) is 11.9. The molecule has 1 aromatic rings. The van der Waals surface area contributed by atoms with Gasteiger partial charge in [-0.05, 0) is 38.0 Å². The molecule has 2 heterocycles. The summed E-state index contributed by atoms with van der Waals surface area (Å²) in [5.41, 5.74) is 3.11. The number of hydrogen-bond acceptors (Lipinski definition) is 4. The van der Waals surface area contributed by atoms with E-state index in [2.05, 4.69) is 56.2 Å². The van der Waals surface area contributed by atoms with Crippen molar-refractivity contribution < 1.29 is 4.74 Å². The van der Waals surface area contributed by atoms with Crippen LogP contribution in [-0.2, 0) is 0 Å². The molecule has 19 heavy (non-hydrogen) atoms. The van der Waals surface area contributed by atoms with Gasteiger partial charge in [-0.3, -0.25) is 0 Å². The largest absolute Gasteiger partial charge is 0.462 e. The molecule has 4 heteroatoms. The topological polar surface area (TPSA) is 24.5 Å². The SMILES string of the molecule is Cc1cc(C)c2c(c1)NC(C)(/C=C1\SCCN1C)O2. The summed E-state index contributed by atoms with van der Waals surface area (Å²) in [5.74, 6) is 2.14. The molecular formula is C15H20N2OS. The molecule has 0 saturated carbocycles. The molecule has 0 amide bonds. The Morgan fingerprint density at radius 2 is 2.21 bits per heavy atom. The highest BCUT2D eigenvalue weighted by Crippen LogP contribution is 2.42. The average Bonchev–Trinajstić information content (AvgIpc) is 2.83. The first-order valence-corrected chi connectivity index (χ1v) is 7.61. The van der Waals surface area contributed by atoms with Crippen LogP contribution in [0.15, 0.2) is 23.2 Å². The molecule has 1 saturated heterocycles. The lowest BCUT2D eigenvalue weighted by molar-refractivity contribution is 0.190. The van der Waals surface area contributed by atoms with Gasteiger partial charge in [0, 0.05) is 25.4 Å². The van der Waals surface area contributed by atoms with Gasteiger partial charge in [-0.2, -0.15) is 0 Å². The van der Waals surface area contributed by atoms with Crippen LogP contribution in [0.4, 0.5) is 5.69 Å². The summed E-state index contributed by atoms with van der Waals surface area (Å²) in [6, 6.07) is 4.31. The summed E-state index contributed by atoms with van der Waals surface area (Å²) in [7, 11) is 2.13. The Morgan fingerprint density at radius 1 is 1.42 bits per heavy atom. The van der Waals surface area contributed by atoms with Crippen LogP contribution in [0.5, 0.6) is 5.75 Å². The minimum Gasteiger partial charge on any atom is -0.462 e. The molecule has 1 unspecified atom stereocenters. The van der Waals surface area contributed by atoms with Gasteiger partial charge < -0.3 is 15.0 Å². The summed E-state index contributed by atoms with van der Waals surface area (Å²) in [5, 5.41) is 4.79. The van der Waals surface area contributed by atoms with Crippen LogP contribution in [0.25, 0.3) is 0 Å². The first-order valence-electron chi connectivity index (χ1n) is 6.62. The lowest BCUT2D eigenvalue weighted by Crippen LogP contribution is -2.35. The molecule has 1 N–H and O–H groups in total. The predicted octanol–water partition coefficient (Wildman–Crippen LogP) is 3.34.